The van der Waals surface area contributed by atoms with Gasteiger partial charge in [-0.1, -0.05) is 0 Å². The van der Waals surface area contributed by atoms with Crippen LogP contribution >= 0.6 is 0 Å². The van der Waals surface area contributed by atoms with Gasteiger partial charge >= 0.3 is 0 Å². The smallest absolute Gasteiger partial charge is 0.274 e. The summed E-state index contributed by atoms with van der Waals surface area (Å²) in [5.74, 6) is 0.705. The Morgan fingerprint density at radius 1 is 1.26 bits per heavy atom. The first-order valence-corrected chi connectivity index (χ1v) is 6.53. The molecule has 1 fully saturated rings. The number of aromatic nitrogens is 2. The maximum Gasteiger partial charge on any atom is 0.274 e. The van der Waals surface area contributed by atoms with Crippen LogP contribution in [0.15, 0.2) is 12.1 Å². The van der Waals surface area contributed by atoms with Gasteiger partial charge in [0.2, 0.25) is 0 Å². The number of hydrogen-bond donors (Lipinski definition) is 1. The second-order valence-corrected chi connectivity index (χ2v) is 5.35. The summed E-state index contributed by atoms with van der Waals surface area (Å²) in [6, 6.07) is 4.17. The maximum atomic E-state index is 12.4. The molecule has 0 radical (unpaired) electrons. The van der Waals surface area contributed by atoms with Gasteiger partial charge in [-0.15, -0.1) is 10.2 Å². The molecule has 19 heavy (non-hydrogen) atoms. The topological polar surface area (TPSA) is 61.4 Å². The molecule has 2 rings (SSSR count). The van der Waals surface area contributed by atoms with E-state index in [0.717, 1.165) is 5.82 Å². The Kier molecular flexibility index (Phi) is 3.99. The number of carbonyl (C=O) groups is 1. The lowest BCUT2D eigenvalue weighted by Crippen LogP contribution is -2.55. The number of nitrogens with one attached hydrogen (secondary N) is 1. The third-order valence-corrected chi connectivity index (χ3v) is 3.17. The van der Waals surface area contributed by atoms with Crippen LogP contribution in [0.3, 0.4) is 0 Å². The van der Waals surface area contributed by atoms with Crippen LogP contribution in [0.2, 0.25) is 0 Å². The van der Waals surface area contributed by atoms with Crippen LogP contribution in [0.4, 0.5) is 5.82 Å². The van der Waals surface area contributed by atoms with E-state index in [9.17, 15) is 4.79 Å². The van der Waals surface area contributed by atoms with E-state index in [0.29, 0.717) is 30.9 Å². The van der Waals surface area contributed by atoms with Gasteiger partial charge in [0, 0.05) is 39.3 Å². The van der Waals surface area contributed by atoms with Gasteiger partial charge < -0.3 is 15.1 Å². The molecule has 1 aromatic heterocycles. The summed E-state index contributed by atoms with van der Waals surface area (Å²) in [7, 11) is 3.79. The molecule has 1 saturated heterocycles. The summed E-state index contributed by atoms with van der Waals surface area (Å²) in [6.07, 6.45) is 0. The number of rotatable bonds is 2. The number of nitrogens with zero attached hydrogens (tertiary/aromatic N) is 4. The molecule has 104 valence electrons. The molecule has 1 aliphatic heterocycles. The largest absolute Gasteiger partial charge is 0.361 e. The highest BCUT2D eigenvalue weighted by molar-refractivity contribution is 5.92. The van der Waals surface area contributed by atoms with Crippen LogP contribution in [0.5, 0.6) is 0 Å². The van der Waals surface area contributed by atoms with Gasteiger partial charge in [0.25, 0.3) is 5.91 Å². The first-order chi connectivity index (χ1) is 8.97. The van der Waals surface area contributed by atoms with E-state index in [1.165, 1.54) is 0 Å². The lowest BCUT2D eigenvalue weighted by Gasteiger charge is -2.35. The minimum Gasteiger partial charge on any atom is -0.361 e. The standard InChI is InChI=1S/C13H21N5O/c1-9-7-18(8-10(2)14-9)13(19)11-5-6-12(16-15-11)17(3)4/h5-6,9-10,14H,7-8H2,1-4H3/t9-,10-/m1/s1. The number of piperazine rings is 1. The van der Waals surface area contributed by atoms with Crippen molar-refractivity contribution in [1.82, 2.24) is 20.4 Å². The Labute approximate surface area is 113 Å². The second kappa shape index (κ2) is 5.52. The number of anilines is 1. The third kappa shape index (κ3) is 3.20. The molecule has 0 unspecified atom stereocenters. The molecule has 0 aromatic carbocycles. The van der Waals surface area contributed by atoms with Crippen molar-refractivity contribution >= 4 is 11.7 Å². The van der Waals surface area contributed by atoms with Crippen molar-refractivity contribution in [2.75, 3.05) is 32.1 Å². The van der Waals surface area contributed by atoms with Gasteiger partial charge in [-0.05, 0) is 26.0 Å². The zero-order chi connectivity index (χ0) is 14.0. The lowest BCUT2D eigenvalue weighted by molar-refractivity contribution is 0.0666. The van der Waals surface area contributed by atoms with Crippen molar-refractivity contribution in [2.45, 2.75) is 25.9 Å². The average molecular weight is 263 g/mol. The molecule has 1 aliphatic rings. The van der Waals surface area contributed by atoms with Gasteiger partial charge in [-0.3, -0.25) is 4.79 Å². The molecule has 0 saturated carbocycles. The van der Waals surface area contributed by atoms with E-state index in [1.54, 1.807) is 6.07 Å². The number of amides is 1. The fraction of sp³-hybridized carbons (Fsp3) is 0.615. The second-order valence-electron chi connectivity index (χ2n) is 5.35. The fourth-order valence-electron chi connectivity index (χ4n) is 2.33. The first kappa shape index (κ1) is 13.7. The summed E-state index contributed by atoms with van der Waals surface area (Å²) in [6.45, 7) is 5.58. The van der Waals surface area contributed by atoms with Crippen molar-refractivity contribution in [3.8, 4) is 0 Å². The zero-order valence-electron chi connectivity index (χ0n) is 11.9. The van der Waals surface area contributed by atoms with Gasteiger partial charge in [0.05, 0.1) is 0 Å². The van der Waals surface area contributed by atoms with Crippen molar-refractivity contribution in [3.63, 3.8) is 0 Å². The number of carbonyl (C=O) groups excluding carboxylic acids is 1. The highest BCUT2D eigenvalue weighted by Gasteiger charge is 2.26. The summed E-state index contributed by atoms with van der Waals surface area (Å²) >= 11 is 0. The van der Waals surface area contributed by atoms with Gasteiger partial charge in [-0.25, -0.2) is 0 Å². The number of hydrogen-bond acceptors (Lipinski definition) is 5. The first-order valence-electron chi connectivity index (χ1n) is 6.53. The zero-order valence-corrected chi connectivity index (χ0v) is 11.9. The summed E-state index contributed by atoms with van der Waals surface area (Å²) < 4.78 is 0. The SMILES string of the molecule is C[C@@H]1CN(C(=O)c2ccc(N(C)C)nn2)C[C@@H](C)N1. The molecular weight excluding hydrogens is 242 g/mol. The summed E-state index contributed by atoms with van der Waals surface area (Å²) in [4.78, 5) is 16.0. The van der Waals surface area contributed by atoms with Crippen molar-refractivity contribution in [3.05, 3.63) is 17.8 Å². The predicted octanol–water partition coefficient (Wildman–Crippen LogP) is 0.365. The molecule has 1 amide bonds. The van der Waals surface area contributed by atoms with Crippen LogP contribution in [-0.2, 0) is 0 Å². The Morgan fingerprint density at radius 3 is 2.37 bits per heavy atom. The van der Waals surface area contributed by atoms with E-state index in [1.807, 2.05) is 30.0 Å². The van der Waals surface area contributed by atoms with Crippen LogP contribution in [0, 0.1) is 0 Å². The van der Waals surface area contributed by atoms with E-state index in [-0.39, 0.29) is 5.91 Å². The minimum atomic E-state index is -0.0435. The molecule has 1 aromatic rings. The molecule has 0 aliphatic carbocycles. The Bertz CT molecular complexity index is 435. The van der Waals surface area contributed by atoms with Crippen LogP contribution in [-0.4, -0.2) is 60.3 Å². The van der Waals surface area contributed by atoms with Gasteiger partial charge in [-0.2, -0.15) is 0 Å². The molecule has 1 N–H and O–H groups in total. The molecule has 0 bridgehead atoms. The van der Waals surface area contributed by atoms with Gasteiger partial charge in [0.15, 0.2) is 11.5 Å². The summed E-state index contributed by atoms with van der Waals surface area (Å²) in [5, 5.41) is 11.5. The van der Waals surface area contributed by atoms with Crippen molar-refractivity contribution in [2.24, 2.45) is 0 Å². The minimum absolute atomic E-state index is 0.0435. The summed E-state index contributed by atoms with van der Waals surface area (Å²) in [5.41, 5.74) is 0.409. The monoisotopic (exact) mass is 263 g/mol. The highest BCUT2D eigenvalue weighted by Crippen LogP contribution is 2.10. The predicted molar refractivity (Wildman–Crippen MR) is 74.3 cm³/mol. The van der Waals surface area contributed by atoms with E-state index < -0.39 is 0 Å². The van der Waals surface area contributed by atoms with E-state index >= 15 is 0 Å². The van der Waals surface area contributed by atoms with E-state index in [2.05, 4.69) is 29.4 Å². The molecule has 6 heteroatoms. The fourth-order valence-corrected chi connectivity index (χ4v) is 2.33. The van der Waals surface area contributed by atoms with E-state index in [4.69, 9.17) is 0 Å². The Morgan fingerprint density at radius 2 is 1.89 bits per heavy atom. The van der Waals surface area contributed by atoms with Crippen molar-refractivity contribution in [1.29, 1.82) is 0 Å². The maximum absolute atomic E-state index is 12.4. The van der Waals surface area contributed by atoms with Crippen molar-refractivity contribution < 1.29 is 4.79 Å². The molecule has 6 nitrogen and oxygen atoms in total. The van der Waals surface area contributed by atoms with Crippen LogP contribution < -0.4 is 10.2 Å². The molecule has 2 heterocycles. The van der Waals surface area contributed by atoms with Crippen LogP contribution in [0.1, 0.15) is 24.3 Å². The van der Waals surface area contributed by atoms with Gasteiger partial charge in [0.1, 0.15) is 0 Å². The highest BCUT2D eigenvalue weighted by atomic mass is 16.2. The molecular formula is C13H21N5O. The Balaban J connectivity index is 2.10. The average Bonchev–Trinajstić information content (AvgIpc) is 2.37. The third-order valence-electron chi connectivity index (χ3n) is 3.17. The molecule has 2 atom stereocenters. The lowest BCUT2D eigenvalue weighted by atomic mass is 10.1. The quantitative estimate of drug-likeness (QED) is 0.835. The van der Waals surface area contributed by atoms with Crippen LogP contribution in [0.25, 0.3) is 0 Å². The normalized spacial score (nSPS) is 23.3. The molecule has 0 spiro atoms. The Hall–Kier alpha value is -1.69.